The Morgan fingerprint density at radius 2 is 1.81 bits per heavy atom. The molecule has 2 fully saturated rings. The summed E-state index contributed by atoms with van der Waals surface area (Å²) < 4.78 is 17.8. The number of nitrogens with zero attached hydrogens (tertiary/aromatic N) is 1. The van der Waals surface area contributed by atoms with Gasteiger partial charge in [0.05, 0.1) is 5.02 Å². The first-order chi connectivity index (χ1) is 15.7. The predicted octanol–water partition coefficient (Wildman–Crippen LogP) is 5.52. The molecule has 2 heterocycles. The van der Waals surface area contributed by atoms with E-state index >= 15 is 0 Å². The SMILES string of the molecule is FCCN[C@H]1CC[C@H](Nc2cc(-c3cccc(NCC4CCOCC4)c3)c(Cl)cn2)CC1. The number of aromatic nitrogens is 1. The summed E-state index contributed by atoms with van der Waals surface area (Å²) >= 11 is 6.53. The van der Waals surface area contributed by atoms with Gasteiger partial charge < -0.3 is 20.7 Å². The molecule has 1 aromatic carbocycles. The van der Waals surface area contributed by atoms with Gasteiger partial charge in [-0.05, 0) is 68.2 Å². The van der Waals surface area contributed by atoms with Gasteiger partial charge in [-0.25, -0.2) is 9.37 Å². The molecule has 0 spiro atoms. The molecule has 0 amide bonds. The van der Waals surface area contributed by atoms with Crippen LogP contribution in [-0.2, 0) is 4.74 Å². The molecule has 2 aliphatic rings. The number of anilines is 2. The quantitative estimate of drug-likeness (QED) is 0.459. The summed E-state index contributed by atoms with van der Waals surface area (Å²) in [5.74, 6) is 1.51. The van der Waals surface area contributed by atoms with Crippen LogP contribution < -0.4 is 16.0 Å². The van der Waals surface area contributed by atoms with Crippen molar-refractivity contribution in [2.45, 2.75) is 50.6 Å². The third-order valence-electron chi connectivity index (χ3n) is 6.57. The van der Waals surface area contributed by atoms with E-state index in [2.05, 4.69) is 45.2 Å². The summed E-state index contributed by atoms with van der Waals surface area (Å²) in [7, 11) is 0. The monoisotopic (exact) mass is 460 g/mol. The summed E-state index contributed by atoms with van der Waals surface area (Å²) in [6, 6.07) is 11.3. The van der Waals surface area contributed by atoms with E-state index in [9.17, 15) is 4.39 Å². The molecule has 4 rings (SSSR count). The maximum atomic E-state index is 12.4. The lowest BCUT2D eigenvalue weighted by Gasteiger charge is -2.30. The van der Waals surface area contributed by atoms with Gasteiger partial charge in [-0.3, -0.25) is 0 Å². The van der Waals surface area contributed by atoms with Gasteiger partial charge in [-0.2, -0.15) is 0 Å². The van der Waals surface area contributed by atoms with Crippen LogP contribution in [0.2, 0.25) is 5.02 Å². The minimum atomic E-state index is -0.304. The lowest BCUT2D eigenvalue weighted by molar-refractivity contribution is 0.0699. The number of hydrogen-bond donors (Lipinski definition) is 3. The maximum absolute atomic E-state index is 12.4. The van der Waals surface area contributed by atoms with E-state index in [1.54, 1.807) is 6.20 Å². The van der Waals surface area contributed by atoms with Crippen LogP contribution in [0, 0.1) is 5.92 Å². The first kappa shape index (κ1) is 23.3. The molecule has 2 aromatic rings. The first-order valence-corrected chi connectivity index (χ1v) is 12.2. The number of hydrogen-bond acceptors (Lipinski definition) is 5. The second kappa shape index (κ2) is 11.8. The van der Waals surface area contributed by atoms with Gasteiger partial charge in [0.2, 0.25) is 0 Å². The van der Waals surface area contributed by atoms with Gasteiger partial charge >= 0.3 is 0 Å². The van der Waals surface area contributed by atoms with Crippen LogP contribution in [0.3, 0.4) is 0 Å². The molecule has 0 radical (unpaired) electrons. The topological polar surface area (TPSA) is 58.2 Å². The third kappa shape index (κ3) is 6.56. The molecule has 1 aliphatic heterocycles. The number of benzene rings is 1. The Labute approximate surface area is 195 Å². The van der Waals surface area contributed by atoms with E-state index in [4.69, 9.17) is 16.3 Å². The number of halogens is 2. The highest BCUT2D eigenvalue weighted by atomic mass is 35.5. The largest absolute Gasteiger partial charge is 0.385 e. The Bertz CT molecular complexity index is 854. The van der Waals surface area contributed by atoms with Crippen LogP contribution in [0.5, 0.6) is 0 Å². The fourth-order valence-electron chi connectivity index (χ4n) is 4.66. The molecule has 1 aromatic heterocycles. The molecule has 0 unspecified atom stereocenters. The Morgan fingerprint density at radius 1 is 1.03 bits per heavy atom. The van der Waals surface area contributed by atoms with Crippen molar-refractivity contribution in [3.8, 4) is 11.1 Å². The molecule has 32 heavy (non-hydrogen) atoms. The van der Waals surface area contributed by atoms with E-state index in [0.717, 1.165) is 80.9 Å². The van der Waals surface area contributed by atoms with Crippen LogP contribution in [0.1, 0.15) is 38.5 Å². The second-order valence-corrected chi connectivity index (χ2v) is 9.31. The van der Waals surface area contributed by atoms with Gasteiger partial charge in [0.15, 0.2) is 0 Å². The van der Waals surface area contributed by atoms with E-state index in [1.807, 2.05) is 6.07 Å². The lowest BCUT2D eigenvalue weighted by atomic mass is 9.91. The average Bonchev–Trinajstić information content (AvgIpc) is 2.84. The fourth-order valence-corrected chi connectivity index (χ4v) is 4.87. The fraction of sp³-hybridized carbons (Fsp3) is 0.560. The van der Waals surface area contributed by atoms with Crippen molar-refractivity contribution < 1.29 is 9.13 Å². The molecule has 0 atom stereocenters. The number of rotatable bonds is 9. The highest BCUT2D eigenvalue weighted by molar-refractivity contribution is 6.33. The van der Waals surface area contributed by atoms with Crippen molar-refractivity contribution in [1.82, 2.24) is 10.3 Å². The van der Waals surface area contributed by atoms with E-state index in [-0.39, 0.29) is 6.67 Å². The Morgan fingerprint density at radius 3 is 2.59 bits per heavy atom. The van der Waals surface area contributed by atoms with Crippen LogP contribution in [-0.4, -0.2) is 50.0 Å². The molecule has 0 bridgehead atoms. The molecule has 3 N–H and O–H groups in total. The normalized spacial score (nSPS) is 21.9. The summed E-state index contributed by atoms with van der Waals surface area (Å²) in [5.41, 5.74) is 3.17. The first-order valence-electron chi connectivity index (χ1n) is 11.8. The van der Waals surface area contributed by atoms with Gasteiger partial charge in [0, 0.05) is 55.8 Å². The van der Waals surface area contributed by atoms with Crippen molar-refractivity contribution >= 4 is 23.1 Å². The van der Waals surface area contributed by atoms with E-state index in [1.165, 1.54) is 0 Å². The van der Waals surface area contributed by atoms with E-state index < -0.39 is 0 Å². The third-order valence-corrected chi connectivity index (χ3v) is 6.87. The standard InChI is InChI=1S/C25H34ClFN4O/c26-24-17-30-25(31-21-6-4-20(5-7-21)28-11-10-27)15-23(24)19-2-1-3-22(14-19)29-16-18-8-12-32-13-9-18/h1-3,14-15,17-18,20-21,28-29H,4-13,16H2,(H,30,31)/t20-,21-. The zero-order chi connectivity index (χ0) is 22.2. The van der Waals surface area contributed by atoms with Gasteiger partial charge in [-0.15, -0.1) is 0 Å². The van der Waals surface area contributed by atoms with Crippen LogP contribution in [0.25, 0.3) is 11.1 Å². The lowest BCUT2D eigenvalue weighted by Crippen LogP contribution is -2.37. The predicted molar refractivity (Wildman–Crippen MR) is 130 cm³/mol. The molecule has 5 nitrogen and oxygen atoms in total. The van der Waals surface area contributed by atoms with Crippen molar-refractivity contribution in [2.75, 3.05) is 43.6 Å². The molecule has 174 valence electrons. The molecular formula is C25H34ClFN4O. The number of nitrogens with one attached hydrogen (secondary N) is 3. The van der Waals surface area contributed by atoms with E-state index in [0.29, 0.717) is 29.6 Å². The summed E-state index contributed by atoms with van der Waals surface area (Å²) in [6.45, 7) is 2.84. The highest BCUT2D eigenvalue weighted by Gasteiger charge is 2.21. The van der Waals surface area contributed by atoms with Crippen molar-refractivity contribution in [3.63, 3.8) is 0 Å². The zero-order valence-corrected chi connectivity index (χ0v) is 19.3. The number of pyridine rings is 1. The van der Waals surface area contributed by atoms with Crippen LogP contribution >= 0.6 is 11.6 Å². The van der Waals surface area contributed by atoms with Crippen molar-refractivity contribution in [2.24, 2.45) is 5.92 Å². The van der Waals surface area contributed by atoms with Crippen LogP contribution in [0.4, 0.5) is 15.9 Å². The van der Waals surface area contributed by atoms with Gasteiger partial charge in [0.1, 0.15) is 12.5 Å². The Hall–Kier alpha value is -1.89. The molecule has 1 saturated carbocycles. The summed E-state index contributed by atoms with van der Waals surface area (Å²) in [6.07, 6.45) is 8.18. The molecule has 1 saturated heterocycles. The molecular weight excluding hydrogens is 427 g/mol. The van der Waals surface area contributed by atoms with Crippen molar-refractivity contribution in [3.05, 3.63) is 41.6 Å². The minimum absolute atomic E-state index is 0.304. The minimum Gasteiger partial charge on any atom is -0.385 e. The smallest absolute Gasteiger partial charge is 0.126 e. The average molecular weight is 461 g/mol. The van der Waals surface area contributed by atoms with Gasteiger partial charge in [-0.1, -0.05) is 23.7 Å². The molecule has 1 aliphatic carbocycles. The number of alkyl halides is 1. The Kier molecular flexibility index (Phi) is 8.60. The highest BCUT2D eigenvalue weighted by Crippen LogP contribution is 2.32. The second-order valence-electron chi connectivity index (χ2n) is 8.90. The van der Waals surface area contributed by atoms with Crippen LogP contribution in [0.15, 0.2) is 36.5 Å². The summed E-state index contributed by atoms with van der Waals surface area (Å²) in [4.78, 5) is 4.51. The van der Waals surface area contributed by atoms with Crippen molar-refractivity contribution in [1.29, 1.82) is 0 Å². The zero-order valence-electron chi connectivity index (χ0n) is 18.6. The Balaban J connectivity index is 1.37. The number of ether oxygens (including phenoxy) is 1. The summed E-state index contributed by atoms with van der Waals surface area (Å²) in [5, 5.41) is 11.1. The van der Waals surface area contributed by atoms with Gasteiger partial charge in [0.25, 0.3) is 0 Å². The maximum Gasteiger partial charge on any atom is 0.126 e. The molecule has 7 heteroatoms.